The molecular weight excluding hydrogens is 152 g/mol. The lowest BCUT2D eigenvalue weighted by atomic mass is 10.1. The normalized spacial score (nSPS) is 8.00. The topological polar surface area (TPSA) is 0 Å². The molecule has 0 heterocycles. The van der Waals surface area contributed by atoms with E-state index in [0.717, 1.165) is 11.1 Å². The maximum atomic E-state index is 3.69. The van der Waals surface area contributed by atoms with Gasteiger partial charge in [0.05, 0.1) is 0 Å². The number of hydrogen-bond donors (Lipinski definition) is 0. The summed E-state index contributed by atoms with van der Waals surface area (Å²) in [5.41, 5.74) is 2.27. The molecule has 0 radical (unpaired) electrons. The first-order chi connectivity index (χ1) is 4.88. The van der Waals surface area contributed by atoms with Gasteiger partial charge >= 0.3 is 0 Å². The Kier molecular flexibility index (Phi) is 4.39. The molecule has 0 bridgehead atoms. The van der Waals surface area contributed by atoms with Crippen molar-refractivity contribution >= 4 is 25.6 Å². The number of hydrogen-bond acceptors (Lipinski definition) is 0. The first-order valence-corrected chi connectivity index (χ1v) is 3.22. The first-order valence-electron chi connectivity index (χ1n) is 3.22. The van der Waals surface area contributed by atoms with Crippen molar-refractivity contribution in [2.24, 2.45) is 0 Å². The molecule has 0 saturated heterocycles. The van der Waals surface area contributed by atoms with E-state index in [0.29, 0.717) is 0 Å². The predicted octanol–water partition coefficient (Wildman–Crippen LogP) is 3.09. The monoisotopic (exact) mass is 164 g/mol. The standard InChI is InChI=1S/C10H10.H2S/c1-3-9-7-5-6-8-10(9)4-2;/h3-8H,1-2H2;1H2. The van der Waals surface area contributed by atoms with Crippen molar-refractivity contribution in [3.63, 3.8) is 0 Å². The summed E-state index contributed by atoms with van der Waals surface area (Å²) in [5, 5.41) is 0. The molecule has 58 valence electrons. The quantitative estimate of drug-likeness (QED) is 0.630. The minimum Gasteiger partial charge on any atom is -0.197 e. The zero-order valence-corrected chi connectivity index (χ0v) is 7.38. The molecule has 0 nitrogen and oxygen atoms in total. The highest BCUT2D eigenvalue weighted by Crippen LogP contribution is 2.10. The Morgan fingerprint density at radius 2 is 1.27 bits per heavy atom. The van der Waals surface area contributed by atoms with E-state index in [1.165, 1.54) is 0 Å². The summed E-state index contributed by atoms with van der Waals surface area (Å²) in [6.07, 6.45) is 3.66. The van der Waals surface area contributed by atoms with Crippen LogP contribution in [0.3, 0.4) is 0 Å². The van der Waals surface area contributed by atoms with Gasteiger partial charge in [-0.15, -0.1) is 0 Å². The molecule has 0 aromatic heterocycles. The van der Waals surface area contributed by atoms with Crippen LogP contribution >= 0.6 is 13.5 Å². The maximum absolute atomic E-state index is 3.69. The molecule has 1 aromatic rings. The maximum Gasteiger partial charge on any atom is -0.0190 e. The van der Waals surface area contributed by atoms with Crippen molar-refractivity contribution in [2.75, 3.05) is 0 Å². The highest BCUT2D eigenvalue weighted by molar-refractivity contribution is 7.59. The van der Waals surface area contributed by atoms with Crippen LogP contribution in [0.5, 0.6) is 0 Å². The average Bonchev–Trinajstić information content (AvgIpc) is 2.04. The summed E-state index contributed by atoms with van der Waals surface area (Å²) in [6, 6.07) is 8.02. The lowest BCUT2D eigenvalue weighted by Gasteiger charge is -1.96. The molecule has 0 N–H and O–H groups in total. The van der Waals surface area contributed by atoms with E-state index in [4.69, 9.17) is 0 Å². The molecule has 1 heteroatoms. The molecule has 0 aliphatic heterocycles. The van der Waals surface area contributed by atoms with E-state index in [1.807, 2.05) is 36.4 Å². The van der Waals surface area contributed by atoms with Crippen LogP contribution < -0.4 is 0 Å². The Hall–Kier alpha value is -0.950. The van der Waals surface area contributed by atoms with Crippen molar-refractivity contribution < 1.29 is 0 Å². The van der Waals surface area contributed by atoms with Gasteiger partial charge in [0.25, 0.3) is 0 Å². The summed E-state index contributed by atoms with van der Waals surface area (Å²) >= 11 is 0. The van der Waals surface area contributed by atoms with Crippen LogP contribution in [0.2, 0.25) is 0 Å². The molecule has 0 saturated carbocycles. The fourth-order valence-corrected chi connectivity index (χ4v) is 0.883. The van der Waals surface area contributed by atoms with Crippen molar-refractivity contribution in [3.8, 4) is 0 Å². The Bertz CT molecular complexity index is 224. The van der Waals surface area contributed by atoms with E-state index >= 15 is 0 Å². The molecule has 0 atom stereocenters. The Morgan fingerprint density at radius 1 is 0.909 bits per heavy atom. The summed E-state index contributed by atoms with van der Waals surface area (Å²) in [7, 11) is 0. The zero-order chi connectivity index (χ0) is 7.40. The minimum absolute atomic E-state index is 0. The van der Waals surface area contributed by atoms with Crippen LogP contribution in [0.25, 0.3) is 12.2 Å². The van der Waals surface area contributed by atoms with E-state index in [1.54, 1.807) is 0 Å². The van der Waals surface area contributed by atoms with Gasteiger partial charge in [-0.2, -0.15) is 13.5 Å². The van der Waals surface area contributed by atoms with Crippen LogP contribution in [0, 0.1) is 0 Å². The molecule has 0 aliphatic carbocycles. The SMILES string of the molecule is C=Cc1ccccc1C=C.S. The van der Waals surface area contributed by atoms with Crippen molar-refractivity contribution in [1.82, 2.24) is 0 Å². The highest BCUT2D eigenvalue weighted by Gasteiger charge is 1.89. The molecule has 1 rings (SSSR count). The summed E-state index contributed by atoms with van der Waals surface area (Å²) in [5.74, 6) is 0. The van der Waals surface area contributed by atoms with Gasteiger partial charge in [-0.05, 0) is 11.1 Å². The summed E-state index contributed by atoms with van der Waals surface area (Å²) < 4.78 is 0. The summed E-state index contributed by atoms with van der Waals surface area (Å²) in [4.78, 5) is 0. The van der Waals surface area contributed by atoms with E-state index in [-0.39, 0.29) is 13.5 Å². The number of benzene rings is 1. The second kappa shape index (κ2) is 4.80. The molecule has 0 fully saturated rings. The smallest absolute Gasteiger partial charge is 0.0190 e. The fourth-order valence-electron chi connectivity index (χ4n) is 0.883. The third-order valence-corrected chi connectivity index (χ3v) is 1.44. The number of rotatable bonds is 2. The van der Waals surface area contributed by atoms with Gasteiger partial charge in [0, 0.05) is 0 Å². The van der Waals surface area contributed by atoms with Crippen molar-refractivity contribution in [3.05, 3.63) is 48.6 Å². The first kappa shape index (κ1) is 10.0. The zero-order valence-electron chi connectivity index (χ0n) is 6.38. The molecule has 0 aliphatic rings. The van der Waals surface area contributed by atoms with Crippen LogP contribution in [-0.2, 0) is 0 Å². The van der Waals surface area contributed by atoms with Crippen LogP contribution in [-0.4, -0.2) is 0 Å². The van der Waals surface area contributed by atoms with E-state index in [2.05, 4.69) is 13.2 Å². The average molecular weight is 164 g/mol. The predicted molar refractivity (Wildman–Crippen MR) is 57.0 cm³/mol. The third-order valence-electron chi connectivity index (χ3n) is 1.44. The minimum atomic E-state index is 0. The van der Waals surface area contributed by atoms with Crippen LogP contribution in [0.1, 0.15) is 11.1 Å². The van der Waals surface area contributed by atoms with Gasteiger partial charge in [0.2, 0.25) is 0 Å². The molecule has 0 amide bonds. The van der Waals surface area contributed by atoms with E-state index < -0.39 is 0 Å². The van der Waals surface area contributed by atoms with Gasteiger partial charge in [-0.3, -0.25) is 0 Å². The molecule has 1 aromatic carbocycles. The van der Waals surface area contributed by atoms with E-state index in [9.17, 15) is 0 Å². The van der Waals surface area contributed by atoms with Gasteiger partial charge in [0.1, 0.15) is 0 Å². The van der Waals surface area contributed by atoms with Crippen LogP contribution in [0.15, 0.2) is 37.4 Å². The van der Waals surface area contributed by atoms with Crippen LogP contribution in [0.4, 0.5) is 0 Å². The lowest BCUT2D eigenvalue weighted by molar-refractivity contribution is 1.62. The third kappa shape index (κ3) is 2.28. The summed E-state index contributed by atoms with van der Waals surface area (Å²) in [6.45, 7) is 7.38. The Balaban J connectivity index is 0.000001000. The highest BCUT2D eigenvalue weighted by atomic mass is 32.1. The van der Waals surface area contributed by atoms with Gasteiger partial charge < -0.3 is 0 Å². The second-order valence-corrected chi connectivity index (χ2v) is 2.04. The Labute approximate surface area is 74.7 Å². The second-order valence-electron chi connectivity index (χ2n) is 2.04. The van der Waals surface area contributed by atoms with Gasteiger partial charge in [-0.1, -0.05) is 49.6 Å². The molecule has 0 spiro atoms. The largest absolute Gasteiger partial charge is 0.197 e. The molecular formula is C10H12S. The van der Waals surface area contributed by atoms with Crippen molar-refractivity contribution in [2.45, 2.75) is 0 Å². The molecule has 0 unspecified atom stereocenters. The van der Waals surface area contributed by atoms with Gasteiger partial charge in [0.15, 0.2) is 0 Å². The lowest BCUT2D eigenvalue weighted by Crippen LogP contribution is -1.76. The molecule has 11 heavy (non-hydrogen) atoms. The van der Waals surface area contributed by atoms with Gasteiger partial charge in [-0.25, -0.2) is 0 Å². The van der Waals surface area contributed by atoms with Crippen molar-refractivity contribution in [1.29, 1.82) is 0 Å². The fraction of sp³-hybridized carbons (Fsp3) is 0. The Morgan fingerprint density at radius 3 is 1.55 bits per heavy atom.